The Hall–Kier alpha value is -2.38. The quantitative estimate of drug-likeness (QED) is 0.667. The summed E-state index contributed by atoms with van der Waals surface area (Å²) in [6.07, 6.45) is 3.26. The third kappa shape index (κ3) is 3.13. The zero-order chi connectivity index (χ0) is 17.3. The zero-order valence-electron chi connectivity index (χ0n) is 13.0. The lowest BCUT2D eigenvalue weighted by Gasteiger charge is -2.01. The van der Waals surface area contributed by atoms with Crippen LogP contribution in [0.1, 0.15) is 23.0 Å². The highest BCUT2D eigenvalue weighted by atomic mass is 35.5. The van der Waals surface area contributed by atoms with Gasteiger partial charge in [-0.1, -0.05) is 22.9 Å². The number of esters is 1. The lowest BCUT2D eigenvalue weighted by molar-refractivity contribution is 0.0525. The van der Waals surface area contributed by atoms with E-state index in [0.29, 0.717) is 22.9 Å². The Labute approximate surface area is 146 Å². The first-order valence-corrected chi connectivity index (χ1v) is 8.41. The summed E-state index contributed by atoms with van der Waals surface area (Å²) < 4.78 is 8.12. The van der Waals surface area contributed by atoms with Gasteiger partial charge in [-0.25, -0.2) is 9.48 Å². The number of ether oxygens (including phenoxy) is 1. The predicted octanol–water partition coefficient (Wildman–Crippen LogP) is 3.22. The van der Waals surface area contributed by atoms with Crippen molar-refractivity contribution in [3.8, 4) is 10.0 Å². The Morgan fingerprint density at radius 1 is 1.33 bits per heavy atom. The second-order valence-corrected chi connectivity index (χ2v) is 6.44. The number of aromatic nitrogens is 3. The number of rotatable bonds is 4. The van der Waals surface area contributed by atoms with E-state index in [1.165, 1.54) is 22.0 Å². The molecule has 0 aliphatic carbocycles. The molecule has 3 heterocycles. The third-order valence-corrected chi connectivity index (χ3v) is 4.63. The third-order valence-electron chi connectivity index (χ3n) is 3.32. The molecule has 0 amide bonds. The van der Waals surface area contributed by atoms with E-state index in [-0.39, 0.29) is 5.56 Å². The highest BCUT2D eigenvalue weighted by Gasteiger charge is 2.16. The smallest absolute Gasteiger partial charge is 0.341 e. The van der Waals surface area contributed by atoms with E-state index >= 15 is 0 Å². The Kier molecular flexibility index (Phi) is 4.55. The van der Waals surface area contributed by atoms with Crippen molar-refractivity contribution in [2.45, 2.75) is 13.8 Å². The second-order valence-electron chi connectivity index (χ2n) is 4.96. The fraction of sp³-hybridized carbons (Fsp3) is 0.188. The van der Waals surface area contributed by atoms with Gasteiger partial charge in [0, 0.05) is 23.5 Å². The molecule has 6 nitrogen and oxygen atoms in total. The average Bonchev–Trinajstić information content (AvgIpc) is 3.14. The fourth-order valence-corrected chi connectivity index (χ4v) is 3.26. The van der Waals surface area contributed by atoms with Gasteiger partial charge in [-0.2, -0.15) is 5.10 Å². The highest BCUT2D eigenvalue weighted by molar-refractivity contribution is 7.16. The number of hydrogen-bond donors (Lipinski definition) is 0. The molecule has 0 N–H and O–H groups in total. The van der Waals surface area contributed by atoms with Gasteiger partial charge in [-0.15, -0.1) is 0 Å². The van der Waals surface area contributed by atoms with E-state index < -0.39 is 5.97 Å². The number of pyridine rings is 1. The molecule has 0 spiro atoms. The van der Waals surface area contributed by atoms with Gasteiger partial charge in [-0.05, 0) is 32.0 Å². The molecule has 0 saturated carbocycles. The normalized spacial score (nSPS) is 10.8. The van der Waals surface area contributed by atoms with Crippen LogP contribution in [0.3, 0.4) is 0 Å². The molecule has 0 unspecified atom stereocenters. The Bertz CT molecular complexity index is 958. The standard InChI is InChI=1S/C16H14ClN3O3S/c1-3-23-16(22)12-9-20(18-10(12)2)15-5-4-14(24-15)19-7-6-11(17)8-13(19)21/h4-9H,3H2,1-2H3. The van der Waals surface area contributed by atoms with E-state index in [2.05, 4.69) is 5.10 Å². The summed E-state index contributed by atoms with van der Waals surface area (Å²) in [6, 6.07) is 6.66. The molecular formula is C16H14ClN3O3S. The number of nitrogens with zero attached hydrogens (tertiary/aromatic N) is 3. The number of halogens is 1. The molecule has 3 aromatic heterocycles. The van der Waals surface area contributed by atoms with E-state index in [4.69, 9.17) is 16.3 Å². The first kappa shape index (κ1) is 16.5. The van der Waals surface area contributed by atoms with Crippen LogP contribution in [0.2, 0.25) is 5.02 Å². The summed E-state index contributed by atoms with van der Waals surface area (Å²) in [5.41, 5.74) is 0.808. The SMILES string of the molecule is CCOC(=O)c1cn(-c2ccc(-n3ccc(Cl)cc3=O)s2)nc1C. The molecule has 24 heavy (non-hydrogen) atoms. The molecule has 8 heteroatoms. The highest BCUT2D eigenvalue weighted by Crippen LogP contribution is 2.24. The van der Waals surface area contributed by atoms with Gasteiger partial charge >= 0.3 is 5.97 Å². The molecule has 0 aliphatic heterocycles. The summed E-state index contributed by atoms with van der Waals surface area (Å²) in [7, 11) is 0. The van der Waals surface area contributed by atoms with Crippen LogP contribution in [0.25, 0.3) is 10.0 Å². The Morgan fingerprint density at radius 3 is 2.79 bits per heavy atom. The van der Waals surface area contributed by atoms with E-state index in [9.17, 15) is 9.59 Å². The topological polar surface area (TPSA) is 66.1 Å². The minimum atomic E-state index is -0.396. The van der Waals surface area contributed by atoms with Crippen molar-refractivity contribution < 1.29 is 9.53 Å². The van der Waals surface area contributed by atoms with Crippen LogP contribution in [0.15, 0.2) is 41.5 Å². The van der Waals surface area contributed by atoms with Crippen molar-refractivity contribution in [3.05, 3.63) is 63.3 Å². The van der Waals surface area contributed by atoms with Crippen LogP contribution < -0.4 is 5.56 Å². The first-order chi connectivity index (χ1) is 11.5. The maximum absolute atomic E-state index is 12.0. The second kappa shape index (κ2) is 6.62. The maximum atomic E-state index is 12.0. The van der Waals surface area contributed by atoms with Gasteiger partial charge in [0.2, 0.25) is 0 Å². The van der Waals surface area contributed by atoms with Crippen LogP contribution in [0.5, 0.6) is 0 Å². The summed E-state index contributed by atoms with van der Waals surface area (Å²) in [6.45, 7) is 3.82. The van der Waals surface area contributed by atoms with Gasteiger partial charge in [0.1, 0.15) is 15.6 Å². The minimum Gasteiger partial charge on any atom is -0.462 e. The van der Waals surface area contributed by atoms with E-state index in [1.54, 1.807) is 37.0 Å². The number of hydrogen-bond acceptors (Lipinski definition) is 5. The molecule has 3 rings (SSSR count). The Morgan fingerprint density at radius 2 is 2.08 bits per heavy atom. The number of aryl methyl sites for hydroxylation is 1. The zero-order valence-corrected chi connectivity index (χ0v) is 14.6. The van der Waals surface area contributed by atoms with Crippen molar-refractivity contribution in [2.75, 3.05) is 6.61 Å². The number of thiophene rings is 1. The molecule has 3 aromatic rings. The van der Waals surface area contributed by atoms with Crippen molar-refractivity contribution in [3.63, 3.8) is 0 Å². The molecule has 0 aromatic carbocycles. The van der Waals surface area contributed by atoms with Gasteiger partial charge < -0.3 is 4.74 Å². The summed E-state index contributed by atoms with van der Waals surface area (Å²) in [5.74, 6) is -0.396. The van der Waals surface area contributed by atoms with Crippen LogP contribution in [-0.2, 0) is 4.74 Å². The van der Waals surface area contributed by atoms with Gasteiger partial charge in [-0.3, -0.25) is 9.36 Å². The van der Waals surface area contributed by atoms with Crippen LogP contribution in [0.4, 0.5) is 0 Å². The van der Waals surface area contributed by atoms with Gasteiger partial charge in [0.15, 0.2) is 0 Å². The van der Waals surface area contributed by atoms with Crippen LogP contribution in [-0.4, -0.2) is 26.9 Å². The average molecular weight is 364 g/mol. The van der Waals surface area contributed by atoms with Crippen molar-refractivity contribution >= 4 is 28.9 Å². The van der Waals surface area contributed by atoms with Gasteiger partial charge in [0.25, 0.3) is 5.56 Å². The summed E-state index contributed by atoms with van der Waals surface area (Å²) in [5, 5.41) is 6.26. The number of carbonyl (C=O) groups excluding carboxylic acids is 1. The summed E-state index contributed by atoms with van der Waals surface area (Å²) >= 11 is 7.19. The van der Waals surface area contributed by atoms with Crippen molar-refractivity contribution in [2.24, 2.45) is 0 Å². The number of carbonyl (C=O) groups is 1. The molecule has 0 bridgehead atoms. The van der Waals surface area contributed by atoms with E-state index in [0.717, 1.165) is 10.0 Å². The van der Waals surface area contributed by atoms with E-state index in [1.807, 2.05) is 12.1 Å². The molecule has 124 valence electrons. The first-order valence-electron chi connectivity index (χ1n) is 7.21. The van der Waals surface area contributed by atoms with Gasteiger partial charge in [0.05, 0.1) is 12.3 Å². The molecule has 0 saturated heterocycles. The van der Waals surface area contributed by atoms with Crippen molar-refractivity contribution in [1.29, 1.82) is 0 Å². The predicted molar refractivity (Wildman–Crippen MR) is 92.7 cm³/mol. The monoisotopic (exact) mass is 363 g/mol. The largest absolute Gasteiger partial charge is 0.462 e. The molecule has 0 aliphatic rings. The molecule has 0 radical (unpaired) electrons. The summed E-state index contributed by atoms with van der Waals surface area (Å²) in [4.78, 5) is 23.9. The molecular weight excluding hydrogens is 350 g/mol. The van der Waals surface area contributed by atoms with Crippen LogP contribution >= 0.6 is 22.9 Å². The lowest BCUT2D eigenvalue weighted by atomic mass is 10.3. The maximum Gasteiger partial charge on any atom is 0.341 e. The molecule has 0 fully saturated rings. The fourth-order valence-electron chi connectivity index (χ4n) is 2.19. The minimum absolute atomic E-state index is 0.209. The Balaban J connectivity index is 1.95. The van der Waals surface area contributed by atoms with Crippen molar-refractivity contribution in [1.82, 2.24) is 14.3 Å². The lowest BCUT2D eigenvalue weighted by Crippen LogP contribution is -2.14. The molecule has 0 atom stereocenters. The van der Waals surface area contributed by atoms with Crippen LogP contribution in [0, 0.1) is 6.92 Å².